The Balaban J connectivity index is 2.89. The first-order valence-electron chi connectivity index (χ1n) is 6.37. The number of methoxy groups -OCH3 is 1. The molecule has 0 spiro atoms. The Bertz CT molecular complexity index is 449. The van der Waals surface area contributed by atoms with Crippen LogP contribution in [0.25, 0.3) is 0 Å². The number of carbonyl (C=O) groups is 1. The molecule has 0 bridgehead atoms. The highest BCUT2D eigenvalue weighted by atomic mass is 16.5. The SMILES string of the molecule is COc1cccc(CC(N)C(=O)O)c1OCCN(C)C. The normalized spacial score (nSPS) is 12.2. The third-order valence-corrected chi connectivity index (χ3v) is 2.82. The standard InChI is InChI=1S/C14H22N2O4/c1-16(2)7-8-20-13-10(9-11(15)14(17)18)5-4-6-12(13)19-3/h4-6,11H,7-9,15H2,1-3H3,(H,17,18). The van der Waals surface area contributed by atoms with Crippen LogP contribution in [-0.2, 0) is 11.2 Å². The molecule has 1 atom stereocenters. The maximum Gasteiger partial charge on any atom is 0.320 e. The number of ether oxygens (including phenoxy) is 2. The molecular formula is C14H22N2O4. The lowest BCUT2D eigenvalue weighted by Crippen LogP contribution is -2.32. The van der Waals surface area contributed by atoms with E-state index in [1.54, 1.807) is 25.3 Å². The first kappa shape index (κ1) is 16.3. The number of hydrogen-bond donors (Lipinski definition) is 2. The van der Waals surface area contributed by atoms with E-state index in [0.717, 1.165) is 12.1 Å². The van der Waals surface area contributed by atoms with Gasteiger partial charge in [0, 0.05) is 18.5 Å². The minimum atomic E-state index is -1.04. The van der Waals surface area contributed by atoms with E-state index in [1.165, 1.54) is 0 Å². The van der Waals surface area contributed by atoms with Crippen LogP contribution in [0.1, 0.15) is 5.56 Å². The van der Waals surface area contributed by atoms with E-state index in [2.05, 4.69) is 0 Å². The fourth-order valence-electron chi connectivity index (χ4n) is 1.70. The molecule has 1 aromatic rings. The first-order chi connectivity index (χ1) is 9.45. The van der Waals surface area contributed by atoms with Gasteiger partial charge in [-0.25, -0.2) is 0 Å². The summed E-state index contributed by atoms with van der Waals surface area (Å²) in [5, 5.41) is 8.91. The molecule has 3 N–H and O–H groups in total. The van der Waals surface area contributed by atoms with Gasteiger partial charge in [0.05, 0.1) is 7.11 Å². The summed E-state index contributed by atoms with van der Waals surface area (Å²) < 4.78 is 11.0. The lowest BCUT2D eigenvalue weighted by molar-refractivity contribution is -0.138. The number of aliphatic carboxylic acids is 1. The van der Waals surface area contributed by atoms with E-state index in [-0.39, 0.29) is 6.42 Å². The molecule has 20 heavy (non-hydrogen) atoms. The Labute approximate surface area is 119 Å². The van der Waals surface area contributed by atoms with Crippen LogP contribution in [0, 0.1) is 0 Å². The van der Waals surface area contributed by atoms with E-state index >= 15 is 0 Å². The van der Waals surface area contributed by atoms with E-state index in [9.17, 15) is 4.79 Å². The topological polar surface area (TPSA) is 85.0 Å². The van der Waals surface area contributed by atoms with Crippen LogP contribution in [0.15, 0.2) is 18.2 Å². The van der Waals surface area contributed by atoms with Crippen LogP contribution in [0.2, 0.25) is 0 Å². The van der Waals surface area contributed by atoms with E-state index in [4.69, 9.17) is 20.3 Å². The lowest BCUT2D eigenvalue weighted by Gasteiger charge is -2.17. The number of nitrogens with zero attached hydrogens (tertiary/aromatic N) is 1. The van der Waals surface area contributed by atoms with Crippen molar-refractivity contribution in [3.8, 4) is 11.5 Å². The Hall–Kier alpha value is -1.79. The van der Waals surface area contributed by atoms with Crippen molar-refractivity contribution in [1.82, 2.24) is 4.90 Å². The monoisotopic (exact) mass is 282 g/mol. The summed E-state index contributed by atoms with van der Waals surface area (Å²) in [7, 11) is 5.45. The maximum atomic E-state index is 10.9. The average molecular weight is 282 g/mol. The van der Waals surface area contributed by atoms with Gasteiger partial charge in [-0.05, 0) is 20.2 Å². The molecule has 6 heteroatoms. The van der Waals surface area contributed by atoms with Crippen molar-refractivity contribution in [2.45, 2.75) is 12.5 Å². The van der Waals surface area contributed by atoms with Crippen molar-refractivity contribution in [3.63, 3.8) is 0 Å². The number of carboxylic acids is 1. The third kappa shape index (κ3) is 4.71. The smallest absolute Gasteiger partial charge is 0.320 e. The second-order valence-corrected chi connectivity index (χ2v) is 4.75. The van der Waals surface area contributed by atoms with Gasteiger partial charge in [-0.15, -0.1) is 0 Å². The number of para-hydroxylation sites is 1. The Morgan fingerprint density at radius 1 is 1.45 bits per heavy atom. The highest BCUT2D eigenvalue weighted by molar-refractivity contribution is 5.73. The van der Waals surface area contributed by atoms with Crippen molar-refractivity contribution in [2.75, 3.05) is 34.4 Å². The Kier molecular flexibility index (Phi) is 6.27. The minimum absolute atomic E-state index is 0.198. The summed E-state index contributed by atoms with van der Waals surface area (Å²) in [6.07, 6.45) is 0.198. The summed E-state index contributed by atoms with van der Waals surface area (Å²) in [5.74, 6) is 0.111. The van der Waals surface area contributed by atoms with Crippen LogP contribution in [-0.4, -0.2) is 56.4 Å². The number of rotatable bonds is 8. The van der Waals surface area contributed by atoms with Crippen LogP contribution in [0.5, 0.6) is 11.5 Å². The number of benzene rings is 1. The summed E-state index contributed by atoms with van der Waals surface area (Å²) in [5.41, 5.74) is 6.32. The molecule has 1 rings (SSSR count). The fourth-order valence-corrected chi connectivity index (χ4v) is 1.70. The zero-order valence-corrected chi connectivity index (χ0v) is 12.1. The third-order valence-electron chi connectivity index (χ3n) is 2.82. The summed E-state index contributed by atoms with van der Waals surface area (Å²) in [6, 6.07) is 4.41. The molecule has 0 fully saturated rings. The molecule has 1 aromatic carbocycles. The molecule has 0 aliphatic rings. The van der Waals surface area contributed by atoms with Gasteiger partial charge in [-0.3, -0.25) is 4.79 Å². The van der Waals surface area contributed by atoms with Gasteiger partial charge in [0.15, 0.2) is 11.5 Å². The molecule has 0 radical (unpaired) electrons. The maximum absolute atomic E-state index is 10.9. The molecule has 0 heterocycles. The Morgan fingerprint density at radius 2 is 2.15 bits per heavy atom. The van der Waals surface area contributed by atoms with Gasteiger partial charge in [-0.2, -0.15) is 0 Å². The van der Waals surface area contributed by atoms with Gasteiger partial charge in [-0.1, -0.05) is 12.1 Å². The van der Waals surface area contributed by atoms with E-state index in [0.29, 0.717) is 18.1 Å². The number of nitrogens with two attached hydrogens (primary N) is 1. The van der Waals surface area contributed by atoms with Gasteiger partial charge in [0.25, 0.3) is 0 Å². The van der Waals surface area contributed by atoms with Gasteiger partial charge in [0.1, 0.15) is 12.6 Å². The first-order valence-corrected chi connectivity index (χ1v) is 6.37. The van der Waals surface area contributed by atoms with Crippen molar-refractivity contribution in [1.29, 1.82) is 0 Å². The number of likely N-dealkylation sites (N-methyl/N-ethyl adjacent to an activating group) is 1. The second-order valence-electron chi connectivity index (χ2n) is 4.75. The van der Waals surface area contributed by atoms with Crippen LogP contribution in [0.4, 0.5) is 0 Å². The zero-order valence-electron chi connectivity index (χ0n) is 12.1. The van der Waals surface area contributed by atoms with Gasteiger partial charge < -0.3 is 25.2 Å². The molecule has 0 aliphatic heterocycles. The largest absolute Gasteiger partial charge is 0.493 e. The second kappa shape index (κ2) is 7.72. The van der Waals surface area contributed by atoms with Crippen LogP contribution < -0.4 is 15.2 Å². The van der Waals surface area contributed by atoms with Crippen LogP contribution >= 0.6 is 0 Å². The summed E-state index contributed by atoms with van der Waals surface area (Å²) in [4.78, 5) is 12.9. The minimum Gasteiger partial charge on any atom is -0.493 e. The van der Waals surface area contributed by atoms with Crippen molar-refractivity contribution >= 4 is 5.97 Å². The molecule has 0 amide bonds. The molecule has 0 aliphatic carbocycles. The highest BCUT2D eigenvalue weighted by Crippen LogP contribution is 2.31. The fraction of sp³-hybridized carbons (Fsp3) is 0.500. The van der Waals surface area contributed by atoms with Crippen molar-refractivity contribution in [3.05, 3.63) is 23.8 Å². The molecule has 1 unspecified atom stereocenters. The Morgan fingerprint density at radius 3 is 2.70 bits per heavy atom. The predicted octanol–water partition coefficient (Wildman–Crippen LogP) is 0.590. The quantitative estimate of drug-likeness (QED) is 0.726. The van der Waals surface area contributed by atoms with Crippen molar-refractivity contribution < 1.29 is 19.4 Å². The molecule has 0 saturated heterocycles. The lowest BCUT2D eigenvalue weighted by atomic mass is 10.1. The van der Waals surface area contributed by atoms with E-state index in [1.807, 2.05) is 19.0 Å². The molecule has 0 aromatic heterocycles. The highest BCUT2D eigenvalue weighted by Gasteiger charge is 2.17. The summed E-state index contributed by atoms with van der Waals surface area (Å²) in [6.45, 7) is 1.24. The van der Waals surface area contributed by atoms with Crippen molar-refractivity contribution in [2.24, 2.45) is 5.73 Å². The predicted molar refractivity (Wildman–Crippen MR) is 76.4 cm³/mol. The molecular weight excluding hydrogens is 260 g/mol. The molecule has 0 saturated carbocycles. The number of carboxylic acid groups (broad SMARTS) is 1. The summed E-state index contributed by atoms with van der Waals surface area (Å²) >= 11 is 0. The zero-order chi connectivity index (χ0) is 15.1. The van der Waals surface area contributed by atoms with Gasteiger partial charge in [0.2, 0.25) is 0 Å². The van der Waals surface area contributed by atoms with E-state index < -0.39 is 12.0 Å². The average Bonchev–Trinajstić information content (AvgIpc) is 2.39. The molecule has 6 nitrogen and oxygen atoms in total. The van der Waals surface area contributed by atoms with Gasteiger partial charge >= 0.3 is 5.97 Å². The number of hydrogen-bond acceptors (Lipinski definition) is 5. The molecule has 112 valence electrons. The van der Waals surface area contributed by atoms with Crippen LogP contribution in [0.3, 0.4) is 0 Å².